The van der Waals surface area contributed by atoms with Crippen molar-refractivity contribution < 1.29 is 8.42 Å². The Hall–Kier alpha value is -3.22. The van der Waals surface area contributed by atoms with E-state index in [0.717, 1.165) is 76.6 Å². The Morgan fingerprint density at radius 3 is 2.40 bits per heavy atom. The zero-order valence-corrected chi connectivity index (χ0v) is 20.6. The van der Waals surface area contributed by atoms with Crippen LogP contribution >= 0.6 is 0 Å². The third kappa shape index (κ3) is 3.81. The molecule has 2 aliphatic rings. The fraction of sp³-hybridized carbons (Fsp3) is 0.276. The van der Waals surface area contributed by atoms with Crippen molar-refractivity contribution in [3.05, 3.63) is 93.8 Å². The van der Waals surface area contributed by atoms with Crippen molar-refractivity contribution in [2.45, 2.75) is 31.1 Å². The molecular formula is C29H28N2O3S. The Kier molecular flexibility index (Phi) is 5.38. The van der Waals surface area contributed by atoms with Gasteiger partial charge in [-0.25, -0.2) is 8.42 Å². The van der Waals surface area contributed by atoms with E-state index in [1.165, 1.54) is 6.26 Å². The van der Waals surface area contributed by atoms with Crippen molar-refractivity contribution in [2.24, 2.45) is 0 Å². The topological polar surface area (TPSA) is 70.2 Å². The highest BCUT2D eigenvalue weighted by atomic mass is 32.2. The van der Waals surface area contributed by atoms with Gasteiger partial charge in [0.25, 0.3) is 5.56 Å². The van der Waals surface area contributed by atoms with Gasteiger partial charge in [0.05, 0.1) is 0 Å². The molecular weight excluding hydrogens is 456 g/mol. The fourth-order valence-corrected chi connectivity index (χ4v) is 7.36. The number of hydrogen-bond donors (Lipinski definition) is 1. The summed E-state index contributed by atoms with van der Waals surface area (Å²) in [7, 11) is -3.36. The number of hydrogen-bond acceptors (Lipinski definition) is 4. The predicted molar refractivity (Wildman–Crippen MR) is 141 cm³/mol. The van der Waals surface area contributed by atoms with Crippen molar-refractivity contribution in [3.8, 4) is 22.3 Å². The summed E-state index contributed by atoms with van der Waals surface area (Å²) in [5.41, 5.74) is 7.36. The highest BCUT2D eigenvalue weighted by Gasteiger charge is 2.35. The first-order chi connectivity index (χ1) is 16.9. The highest BCUT2D eigenvalue weighted by Crippen LogP contribution is 2.46. The van der Waals surface area contributed by atoms with Crippen molar-refractivity contribution in [1.82, 2.24) is 9.88 Å². The minimum Gasteiger partial charge on any atom is -0.321 e. The monoisotopic (exact) mass is 484 g/mol. The number of pyridine rings is 1. The van der Waals surface area contributed by atoms with Crippen LogP contribution in [0.4, 0.5) is 0 Å². The van der Waals surface area contributed by atoms with E-state index in [0.29, 0.717) is 12.0 Å². The van der Waals surface area contributed by atoms with Crippen LogP contribution in [0.15, 0.2) is 71.5 Å². The maximum absolute atomic E-state index is 13.1. The number of nitrogens with zero attached hydrogens (tertiary/aromatic N) is 1. The summed E-state index contributed by atoms with van der Waals surface area (Å²) in [6.07, 6.45) is 5.22. The van der Waals surface area contributed by atoms with E-state index in [2.05, 4.69) is 22.0 Å². The first-order valence-corrected chi connectivity index (χ1v) is 14.2. The molecule has 6 rings (SSSR count). The van der Waals surface area contributed by atoms with Gasteiger partial charge in [-0.3, -0.25) is 9.69 Å². The van der Waals surface area contributed by atoms with Crippen LogP contribution in [0.2, 0.25) is 0 Å². The Balaban J connectivity index is 1.53. The lowest BCUT2D eigenvalue weighted by atomic mass is 9.94. The molecule has 1 aromatic heterocycles. The van der Waals surface area contributed by atoms with Crippen LogP contribution in [-0.2, 0) is 16.3 Å². The van der Waals surface area contributed by atoms with E-state index in [1.54, 1.807) is 0 Å². The zero-order chi connectivity index (χ0) is 24.2. The summed E-state index contributed by atoms with van der Waals surface area (Å²) < 4.78 is 26.2. The van der Waals surface area contributed by atoms with Gasteiger partial charge in [0, 0.05) is 17.3 Å². The minimum absolute atomic E-state index is 0.115. The zero-order valence-electron chi connectivity index (χ0n) is 19.8. The Bertz CT molecular complexity index is 1620. The highest BCUT2D eigenvalue weighted by molar-refractivity contribution is 7.90. The number of nitrogens with one attached hydrogen (secondary N) is 1. The molecule has 1 aliphatic carbocycles. The molecule has 178 valence electrons. The Morgan fingerprint density at radius 2 is 1.60 bits per heavy atom. The standard InChI is InChI=1S/C29H28N2O3S/c1-35(33,34)29(31-15-5-2-6-16-31)23-13-7-10-20-18-24-21(11-8-12-22(24)27(20)23)25-17-19-9-3-4-14-26(19)30-28(25)32/h3-4,7-14,17,29H,2,5-6,15-16,18H2,1H3,(H,30,32). The van der Waals surface area contributed by atoms with Crippen LogP contribution < -0.4 is 5.56 Å². The molecule has 0 amide bonds. The molecule has 6 heteroatoms. The molecule has 0 bridgehead atoms. The van der Waals surface area contributed by atoms with Gasteiger partial charge in [0.2, 0.25) is 0 Å². The van der Waals surface area contributed by atoms with Crippen LogP contribution in [0.3, 0.4) is 0 Å². The first kappa shape index (κ1) is 22.3. The molecule has 1 fully saturated rings. The molecule has 3 aromatic carbocycles. The largest absolute Gasteiger partial charge is 0.321 e. The van der Waals surface area contributed by atoms with Gasteiger partial charge >= 0.3 is 0 Å². The maximum Gasteiger partial charge on any atom is 0.256 e. The maximum atomic E-state index is 13.1. The van der Waals surface area contributed by atoms with Crippen LogP contribution in [0.5, 0.6) is 0 Å². The predicted octanol–water partition coefficient (Wildman–Crippen LogP) is 5.30. The van der Waals surface area contributed by atoms with Gasteiger partial charge in [0.15, 0.2) is 9.84 Å². The summed E-state index contributed by atoms with van der Waals surface area (Å²) in [4.78, 5) is 18.2. The summed E-state index contributed by atoms with van der Waals surface area (Å²) >= 11 is 0. The number of aromatic amines is 1. The SMILES string of the molecule is CS(=O)(=O)C(c1cccc2c1-c1cccc(-c3cc4ccccc4[nH]c3=O)c1C2)N1CCCCC1. The lowest BCUT2D eigenvalue weighted by Crippen LogP contribution is -2.37. The molecule has 2 heterocycles. The van der Waals surface area contributed by atoms with E-state index in [4.69, 9.17) is 0 Å². The van der Waals surface area contributed by atoms with Crippen LogP contribution in [-0.4, -0.2) is 37.6 Å². The molecule has 5 nitrogen and oxygen atoms in total. The molecule has 35 heavy (non-hydrogen) atoms. The number of aromatic nitrogens is 1. The van der Waals surface area contributed by atoms with E-state index in [1.807, 2.05) is 54.6 Å². The quantitative estimate of drug-likeness (QED) is 0.376. The average Bonchev–Trinajstić information content (AvgIpc) is 3.23. The Morgan fingerprint density at radius 1 is 0.857 bits per heavy atom. The van der Waals surface area contributed by atoms with Gasteiger partial charge < -0.3 is 4.98 Å². The number of likely N-dealkylation sites (tertiary alicyclic amines) is 1. The van der Waals surface area contributed by atoms with Gasteiger partial charge in [-0.15, -0.1) is 0 Å². The lowest BCUT2D eigenvalue weighted by Gasteiger charge is -2.34. The molecule has 1 unspecified atom stereocenters. The normalized spacial score (nSPS) is 16.7. The summed E-state index contributed by atoms with van der Waals surface area (Å²) in [5.74, 6) is 0. The van der Waals surface area contributed by atoms with E-state index in [-0.39, 0.29) is 5.56 Å². The first-order valence-electron chi connectivity index (χ1n) is 12.2. The van der Waals surface area contributed by atoms with Crippen molar-refractivity contribution >= 4 is 20.7 Å². The molecule has 0 spiro atoms. The van der Waals surface area contributed by atoms with E-state index < -0.39 is 15.2 Å². The Labute approximate surface area is 205 Å². The number of benzene rings is 3. The number of rotatable bonds is 4. The molecule has 0 saturated carbocycles. The number of piperidine rings is 1. The number of fused-ring (bicyclic) bond motifs is 4. The third-order valence-corrected chi connectivity index (χ3v) is 8.80. The summed E-state index contributed by atoms with van der Waals surface area (Å²) in [6.45, 7) is 1.58. The van der Waals surface area contributed by atoms with Crippen LogP contribution in [0, 0.1) is 0 Å². The van der Waals surface area contributed by atoms with Gasteiger partial charge in [0.1, 0.15) is 5.37 Å². The van der Waals surface area contributed by atoms with Gasteiger partial charge in [-0.1, -0.05) is 61.0 Å². The van der Waals surface area contributed by atoms with Crippen molar-refractivity contribution in [1.29, 1.82) is 0 Å². The van der Waals surface area contributed by atoms with Gasteiger partial charge in [-0.05, 0) is 83.3 Å². The number of sulfone groups is 1. The second-order valence-electron chi connectivity index (χ2n) is 9.77. The smallest absolute Gasteiger partial charge is 0.256 e. The number of para-hydroxylation sites is 1. The third-order valence-electron chi connectivity index (χ3n) is 7.43. The molecule has 1 saturated heterocycles. The lowest BCUT2D eigenvalue weighted by molar-refractivity contribution is 0.208. The van der Waals surface area contributed by atoms with Crippen molar-refractivity contribution in [3.63, 3.8) is 0 Å². The van der Waals surface area contributed by atoms with Crippen molar-refractivity contribution in [2.75, 3.05) is 19.3 Å². The van der Waals surface area contributed by atoms with E-state index >= 15 is 0 Å². The molecule has 1 atom stereocenters. The minimum atomic E-state index is -3.36. The van der Waals surface area contributed by atoms with Crippen LogP contribution in [0.1, 0.15) is 41.3 Å². The van der Waals surface area contributed by atoms with E-state index in [9.17, 15) is 13.2 Å². The fourth-order valence-electron chi connectivity index (χ4n) is 5.95. The second kappa shape index (κ2) is 8.47. The molecule has 0 radical (unpaired) electrons. The molecule has 1 aliphatic heterocycles. The second-order valence-corrected chi connectivity index (χ2v) is 11.9. The van der Waals surface area contributed by atoms with Gasteiger partial charge in [-0.2, -0.15) is 0 Å². The summed E-state index contributed by atoms with van der Waals surface area (Å²) in [6, 6.07) is 21.8. The molecule has 1 N–H and O–H groups in total. The molecule has 4 aromatic rings. The van der Waals surface area contributed by atoms with Crippen LogP contribution in [0.25, 0.3) is 33.2 Å². The summed E-state index contributed by atoms with van der Waals surface area (Å²) in [5, 5.41) is 0.328. The average molecular weight is 485 g/mol. The number of H-pyrrole nitrogens is 1.